The lowest BCUT2D eigenvalue weighted by atomic mass is 10.1. The zero-order valence-electron chi connectivity index (χ0n) is 10.8. The summed E-state index contributed by atoms with van der Waals surface area (Å²) in [5.74, 6) is -0.0910. The Bertz CT molecular complexity index is 761. The molecular formula is C15H11BrFN3O. The smallest absolute Gasteiger partial charge is 0.250 e. The molecule has 106 valence electrons. The molecule has 3 rings (SSSR count). The van der Waals surface area contributed by atoms with Crippen molar-refractivity contribution in [2.45, 2.75) is 6.04 Å². The number of rotatable bonds is 3. The van der Waals surface area contributed by atoms with Gasteiger partial charge in [0.15, 0.2) is 0 Å². The Hall–Kier alpha value is -2.05. The molecule has 0 radical (unpaired) electrons. The molecule has 3 aromatic rings. The molecule has 0 amide bonds. The van der Waals surface area contributed by atoms with Crippen LogP contribution < -0.4 is 5.73 Å². The molecule has 0 aliphatic heterocycles. The van der Waals surface area contributed by atoms with Crippen molar-refractivity contribution < 1.29 is 8.81 Å². The standard InChI is InChI=1S/C15H11BrFN3O/c16-11-8-4-7-10(12(11)17)14-19-20-15(21-14)13(18)9-5-2-1-3-6-9/h1-8,13H,18H2. The fraction of sp³-hybridized carbons (Fsp3) is 0.0667. The van der Waals surface area contributed by atoms with Gasteiger partial charge in [-0.1, -0.05) is 36.4 Å². The van der Waals surface area contributed by atoms with Crippen molar-refractivity contribution >= 4 is 15.9 Å². The van der Waals surface area contributed by atoms with Crippen LogP contribution in [0.3, 0.4) is 0 Å². The third kappa shape index (κ3) is 2.72. The Morgan fingerprint density at radius 1 is 1.05 bits per heavy atom. The number of hydrogen-bond acceptors (Lipinski definition) is 4. The van der Waals surface area contributed by atoms with Crippen molar-refractivity contribution in [3.05, 3.63) is 70.3 Å². The van der Waals surface area contributed by atoms with Crippen molar-refractivity contribution in [2.24, 2.45) is 5.73 Å². The zero-order valence-corrected chi connectivity index (χ0v) is 12.4. The summed E-state index contributed by atoms with van der Waals surface area (Å²) in [6.07, 6.45) is 0. The van der Waals surface area contributed by atoms with E-state index < -0.39 is 11.9 Å². The second-order valence-corrected chi connectivity index (χ2v) is 5.29. The van der Waals surface area contributed by atoms with Gasteiger partial charge in [-0.3, -0.25) is 0 Å². The molecule has 0 aliphatic carbocycles. The highest BCUT2D eigenvalue weighted by atomic mass is 79.9. The monoisotopic (exact) mass is 347 g/mol. The van der Waals surface area contributed by atoms with Crippen LogP contribution in [0.5, 0.6) is 0 Å². The van der Waals surface area contributed by atoms with Gasteiger partial charge in [0, 0.05) is 0 Å². The molecule has 0 saturated heterocycles. The number of aromatic nitrogens is 2. The predicted octanol–water partition coefficient (Wildman–Crippen LogP) is 3.69. The van der Waals surface area contributed by atoms with E-state index >= 15 is 0 Å². The molecule has 1 unspecified atom stereocenters. The van der Waals surface area contributed by atoms with E-state index in [2.05, 4.69) is 26.1 Å². The molecule has 1 atom stereocenters. The molecule has 1 aromatic heterocycles. The third-order valence-corrected chi connectivity index (χ3v) is 3.66. The molecule has 1 heterocycles. The van der Waals surface area contributed by atoms with Gasteiger partial charge in [-0.15, -0.1) is 10.2 Å². The lowest BCUT2D eigenvalue weighted by Gasteiger charge is -2.06. The van der Waals surface area contributed by atoms with Crippen LogP contribution in [-0.4, -0.2) is 10.2 Å². The van der Waals surface area contributed by atoms with E-state index in [9.17, 15) is 4.39 Å². The number of nitrogens with zero attached hydrogens (tertiary/aromatic N) is 2. The Morgan fingerprint density at radius 2 is 1.81 bits per heavy atom. The maximum Gasteiger partial charge on any atom is 0.250 e. The van der Waals surface area contributed by atoms with E-state index in [1.165, 1.54) is 0 Å². The first-order chi connectivity index (χ1) is 10.2. The quantitative estimate of drug-likeness (QED) is 0.784. The van der Waals surface area contributed by atoms with Crippen molar-refractivity contribution in [1.82, 2.24) is 10.2 Å². The summed E-state index contributed by atoms with van der Waals surface area (Å²) >= 11 is 3.13. The normalized spacial score (nSPS) is 12.3. The molecule has 0 spiro atoms. The fourth-order valence-corrected chi connectivity index (χ4v) is 2.31. The molecule has 4 nitrogen and oxygen atoms in total. The third-order valence-electron chi connectivity index (χ3n) is 3.05. The largest absolute Gasteiger partial charge is 0.418 e. The van der Waals surface area contributed by atoms with E-state index in [1.807, 2.05) is 30.3 Å². The SMILES string of the molecule is NC(c1ccccc1)c1nnc(-c2cccc(Br)c2F)o1. The van der Waals surface area contributed by atoms with Crippen LogP contribution in [0.4, 0.5) is 4.39 Å². The maximum atomic E-state index is 14.0. The van der Waals surface area contributed by atoms with E-state index in [-0.39, 0.29) is 17.3 Å². The average Bonchev–Trinajstić information content (AvgIpc) is 3.00. The predicted molar refractivity (Wildman–Crippen MR) is 79.9 cm³/mol. The molecule has 2 N–H and O–H groups in total. The summed E-state index contributed by atoms with van der Waals surface area (Å²) in [7, 11) is 0. The Kier molecular flexibility index (Phi) is 3.81. The fourth-order valence-electron chi connectivity index (χ4n) is 1.94. The second kappa shape index (κ2) is 5.75. The van der Waals surface area contributed by atoms with Crippen LogP contribution in [0, 0.1) is 5.82 Å². The topological polar surface area (TPSA) is 64.9 Å². The Labute approximate surface area is 128 Å². The lowest BCUT2D eigenvalue weighted by Crippen LogP contribution is -2.11. The highest BCUT2D eigenvalue weighted by Crippen LogP contribution is 2.28. The van der Waals surface area contributed by atoms with Gasteiger partial charge in [-0.25, -0.2) is 4.39 Å². The summed E-state index contributed by atoms with van der Waals surface area (Å²) in [4.78, 5) is 0. The van der Waals surface area contributed by atoms with Gasteiger partial charge in [0.25, 0.3) is 5.89 Å². The van der Waals surface area contributed by atoms with Gasteiger partial charge in [-0.05, 0) is 33.6 Å². The van der Waals surface area contributed by atoms with Crippen molar-refractivity contribution in [1.29, 1.82) is 0 Å². The van der Waals surface area contributed by atoms with Crippen LogP contribution in [0.25, 0.3) is 11.5 Å². The zero-order chi connectivity index (χ0) is 14.8. The van der Waals surface area contributed by atoms with Crippen LogP contribution >= 0.6 is 15.9 Å². The Balaban J connectivity index is 1.95. The van der Waals surface area contributed by atoms with Gasteiger partial charge in [-0.2, -0.15) is 0 Å². The first kappa shape index (κ1) is 13.9. The van der Waals surface area contributed by atoms with Crippen LogP contribution in [0.15, 0.2) is 57.4 Å². The first-order valence-corrected chi connectivity index (χ1v) is 7.04. The van der Waals surface area contributed by atoms with E-state index in [0.29, 0.717) is 4.47 Å². The van der Waals surface area contributed by atoms with E-state index in [1.54, 1.807) is 18.2 Å². The summed E-state index contributed by atoms with van der Waals surface area (Å²) < 4.78 is 19.9. The summed E-state index contributed by atoms with van der Waals surface area (Å²) in [5, 5.41) is 7.79. The van der Waals surface area contributed by atoms with E-state index in [4.69, 9.17) is 10.2 Å². The minimum atomic E-state index is -0.539. The van der Waals surface area contributed by atoms with Gasteiger partial charge in [0.1, 0.15) is 11.9 Å². The van der Waals surface area contributed by atoms with Crippen molar-refractivity contribution in [3.8, 4) is 11.5 Å². The summed E-state index contributed by atoms with van der Waals surface area (Å²) in [6, 6.07) is 13.7. The van der Waals surface area contributed by atoms with Gasteiger partial charge in [0.2, 0.25) is 5.89 Å². The highest BCUT2D eigenvalue weighted by Gasteiger charge is 2.19. The number of hydrogen-bond donors (Lipinski definition) is 1. The molecule has 0 bridgehead atoms. The van der Waals surface area contributed by atoms with Crippen molar-refractivity contribution in [3.63, 3.8) is 0 Å². The first-order valence-electron chi connectivity index (χ1n) is 6.25. The van der Waals surface area contributed by atoms with Gasteiger partial charge < -0.3 is 10.2 Å². The molecule has 0 saturated carbocycles. The van der Waals surface area contributed by atoms with Gasteiger partial charge >= 0.3 is 0 Å². The van der Waals surface area contributed by atoms with Crippen LogP contribution in [-0.2, 0) is 0 Å². The number of benzene rings is 2. The minimum absolute atomic E-state index is 0.107. The molecule has 6 heteroatoms. The minimum Gasteiger partial charge on any atom is -0.418 e. The molecule has 0 aliphatic rings. The lowest BCUT2D eigenvalue weighted by molar-refractivity contribution is 0.481. The number of halogens is 2. The number of nitrogens with two attached hydrogens (primary N) is 1. The molecule has 2 aromatic carbocycles. The highest BCUT2D eigenvalue weighted by molar-refractivity contribution is 9.10. The molecule has 21 heavy (non-hydrogen) atoms. The van der Waals surface area contributed by atoms with Crippen molar-refractivity contribution in [2.75, 3.05) is 0 Å². The van der Waals surface area contributed by atoms with E-state index in [0.717, 1.165) is 5.56 Å². The Morgan fingerprint density at radius 3 is 2.57 bits per heavy atom. The summed E-state index contributed by atoms with van der Waals surface area (Å²) in [6.45, 7) is 0. The summed E-state index contributed by atoms with van der Waals surface area (Å²) in [5.41, 5.74) is 7.17. The second-order valence-electron chi connectivity index (χ2n) is 4.44. The van der Waals surface area contributed by atoms with Crippen LogP contribution in [0.2, 0.25) is 0 Å². The molecule has 0 fully saturated rings. The maximum absolute atomic E-state index is 14.0. The average molecular weight is 348 g/mol. The van der Waals surface area contributed by atoms with Gasteiger partial charge in [0.05, 0.1) is 10.0 Å². The van der Waals surface area contributed by atoms with Crippen LogP contribution in [0.1, 0.15) is 17.5 Å². The molecular weight excluding hydrogens is 337 g/mol.